The molecular formula is C15H11BrN6OS. The number of carbonyl (C=O) groups is 1. The number of halogens is 1. The van der Waals surface area contributed by atoms with Crippen LogP contribution in [0.5, 0.6) is 0 Å². The summed E-state index contributed by atoms with van der Waals surface area (Å²) in [5.74, 6) is -0.800. The molecule has 3 rings (SSSR count). The van der Waals surface area contributed by atoms with Crippen LogP contribution in [0.4, 0.5) is 0 Å². The minimum atomic E-state index is -0.911. The zero-order chi connectivity index (χ0) is 17.1. The van der Waals surface area contributed by atoms with Crippen molar-refractivity contribution in [3.8, 4) is 17.5 Å². The number of hydrogen-bond acceptors (Lipinski definition) is 7. The molecule has 0 N–H and O–H groups in total. The van der Waals surface area contributed by atoms with Gasteiger partial charge in [-0.2, -0.15) is 10.1 Å². The van der Waals surface area contributed by atoms with Crippen LogP contribution in [0.2, 0.25) is 0 Å². The zero-order valence-corrected chi connectivity index (χ0v) is 15.0. The van der Waals surface area contributed by atoms with Gasteiger partial charge in [0, 0.05) is 21.1 Å². The molecule has 2 heterocycles. The van der Waals surface area contributed by atoms with E-state index in [9.17, 15) is 10.1 Å². The van der Waals surface area contributed by atoms with Gasteiger partial charge in [0.2, 0.25) is 5.82 Å². The molecular weight excluding hydrogens is 392 g/mol. The highest BCUT2D eigenvalue weighted by molar-refractivity contribution is 9.10. The Morgan fingerprint density at radius 3 is 2.79 bits per heavy atom. The van der Waals surface area contributed by atoms with Crippen LogP contribution >= 0.6 is 27.3 Å². The van der Waals surface area contributed by atoms with E-state index in [1.165, 1.54) is 16.1 Å². The summed E-state index contributed by atoms with van der Waals surface area (Å²) in [7, 11) is 0. The van der Waals surface area contributed by atoms with Crippen molar-refractivity contribution in [1.29, 1.82) is 5.26 Å². The van der Waals surface area contributed by atoms with E-state index in [-0.39, 0.29) is 12.3 Å². The van der Waals surface area contributed by atoms with Crippen molar-refractivity contribution in [2.45, 2.75) is 19.4 Å². The molecule has 0 aliphatic carbocycles. The Morgan fingerprint density at radius 1 is 1.42 bits per heavy atom. The second-order valence-electron chi connectivity index (χ2n) is 5.01. The number of aromatic nitrogens is 5. The van der Waals surface area contributed by atoms with E-state index < -0.39 is 5.92 Å². The van der Waals surface area contributed by atoms with E-state index in [0.717, 1.165) is 15.7 Å². The van der Waals surface area contributed by atoms with Crippen molar-refractivity contribution in [1.82, 2.24) is 25.2 Å². The zero-order valence-electron chi connectivity index (χ0n) is 12.5. The first-order valence-corrected chi connectivity index (χ1v) is 8.62. The number of aryl methyl sites for hydroxylation is 1. The lowest BCUT2D eigenvalue weighted by atomic mass is 10.1. The van der Waals surface area contributed by atoms with E-state index in [2.05, 4.69) is 36.3 Å². The van der Waals surface area contributed by atoms with Crippen molar-refractivity contribution in [3.05, 3.63) is 44.8 Å². The highest BCUT2D eigenvalue weighted by Gasteiger charge is 2.24. The van der Waals surface area contributed by atoms with E-state index >= 15 is 0 Å². The Labute approximate surface area is 150 Å². The van der Waals surface area contributed by atoms with Crippen molar-refractivity contribution in [2.24, 2.45) is 0 Å². The molecule has 0 aliphatic heterocycles. The van der Waals surface area contributed by atoms with Crippen LogP contribution in [0.3, 0.4) is 0 Å². The molecule has 0 fully saturated rings. The third kappa shape index (κ3) is 3.55. The molecule has 0 saturated heterocycles. The summed E-state index contributed by atoms with van der Waals surface area (Å²) < 4.78 is 0.949. The van der Waals surface area contributed by atoms with Crippen LogP contribution < -0.4 is 0 Å². The van der Waals surface area contributed by atoms with E-state index in [1.54, 1.807) is 0 Å². The number of nitrogens with zero attached hydrogens (tertiary/aromatic N) is 6. The number of carbonyl (C=O) groups excluding carboxylic acids is 1. The second-order valence-corrected chi connectivity index (χ2v) is 6.81. The molecule has 1 atom stereocenters. The van der Waals surface area contributed by atoms with E-state index in [0.29, 0.717) is 10.8 Å². The van der Waals surface area contributed by atoms with Gasteiger partial charge in [0.15, 0.2) is 11.7 Å². The maximum absolute atomic E-state index is 12.4. The van der Waals surface area contributed by atoms with Crippen molar-refractivity contribution in [3.63, 3.8) is 0 Å². The summed E-state index contributed by atoms with van der Waals surface area (Å²) in [5.41, 5.74) is 1.59. The van der Waals surface area contributed by atoms with Crippen LogP contribution in [-0.2, 0) is 11.3 Å². The number of hydrogen-bond donors (Lipinski definition) is 0. The van der Waals surface area contributed by atoms with Crippen LogP contribution in [0.25, 0.3) is 11.4 Å². The Balaban J connectivity index is 1.75. The molecule has 2 aromatic heterocycles. The first-order chi connectivity index (χ1) is 11.6. The monoisotopic (exact) mass is 402 g/mol. The average molecular weight is 403 g/mol. The molecule has 120 valence electrons. The number of nitriles is 1. The lowest BCUT2D eigenvalue weighted by molar-refractivity contribution is -0.120. The predicted molar refractivity (Wildman–Crippen MR) is 91.2 cm³/mol. The summed E-state index contributed by atoms with van der Waals surface area (Å²) in [6.45, 7) is 1.70. The summed E-state index contributed by atoms with van der Waals surface area (Å²) in [5, 5.41) is 23.6. The molecule has 0 aliphatic rings. The quantitative estimate of drug-likeness (QED) is 0.650. The molecule has 0 saturated carbocycles. The van der Waals surface area contributed by atoms with Crippen molar-refractivity contribution < 1.29 is 4.79 Å². The van der Waals surface area contributed by atoms with Crippen LogP contribution in [0, 0.1) is 18.3 Å². The van der Waals surface area contributed by atoms with Crippen molar-refractivity contribution in [2.75, 3.05) is 0 Å². The van der Waals surface area contributed by atoms with Gasteiger partial charge in [0.25, 0.3) is 0 Å². The summed E-state index contributed by atoms with van der Waals surface area (Å²) in [6, 6.07) is 9.45. The molecule has 0 radical (unpaired) electrons. The van der Waals surface area contributed by atoms with Gasteiger partial charge in [-0.3, -0.25) is 4.79 Å². The number of thiazole rings is 1. The molecule has 1 aromatic carbocycles. The third-order valence-electron chi connectivity index (χ3n) is 3.19. The molecule has 7 nitrogen and oxygen atoms in total. The van der Waals surface area contributed by atoms with Gasteiger partial charge >= 0.3 is 0 Å². The molecule has 0 bridgehead atoms. The predicted octanol–water partition coefficient (Wildman–Crippen LogP) is 2.74. The SMILES string of the molecule is Cc1csc(C(C#N)C(=O)Cn2nnc(-c3ccc(Br)cc3)n2)n1. The minimum absolute atomic E-state index is 0.125. The standard InChI is InChI=1S/C15H11BrN6OS/c1-9-8-24-15(18-9)12(6-17)13(23)7-22-20-14(19-21-22)10-2-4-11(16)5-3-10/h2-5,8,12H,7H2,1H3. The first-order valence-electron chi connectivity index (χ1n) is 6.95. The summed E-state index contributed by atoms with van der Waals surface area (Å²) in [6.07, 6.45) is 0. The normalized spacial score (nSPS) is 11.9. The largest absolute Gasteiger partial charge is 0.296 e. The van der Waals surface area contributed by atoms with Gasteiger partial charge in [-0.25, -0.2) is 4.98 Å². The lowest BCUT2D eigenvalue weighted by Crippen LogP contribution is -2.19. The van der Waals surface area contributed by atoms with Gasteiger partial charge in [-0.1, -0.05) is 15.9 Å². The van der Waals surface area contributed by atoms with Crippen LogP contribution in [0.15, 0.2) is 34.1 Å². The Bertz CT molecular complexity index is 911. The lowest BCUT2D eigenvalue weighted by Gasteiger charge is -2.03. The van der Waals surface area contributed by atoms with E-state index in [4.69, 9.17) is 0 Å². The van der Waals surface area contributed by atoms with Gasteiger partial charge in [-0.05, 0) is 36.4 Å². The highest BCUT2D eigenvalue weighted by Crippen LogP contribution is 2.21. The average Bonchev–Trinajstić information content (AvgIpc) is 3.18. The van der Waals surface area contributed by atoms with Gasteiger partial charge in [0.1, 0.15) is 11.6 Å². The Hall–Kier alpha value is -2.44. The van der Waals surface area contributed by atoms with Gasteiger partial charge in [0.05, 0.1) is 6.07 Å². The molecule has 24 heavy (non-hydrogen) atoms. The summed E-state index contributed by atoms with van der Waals surface area (Å²) in [4.78, 5) is 17.8. The number of tetrazole rings is 1. The van der Waals surface area contributed by atoms with E-state index in [1.807, 2.05) is 42.6 Å². The fourth-order valence-electron chi connectivity index (χ4n) is 2.03. The second kappa shape index (κ2) is 6.98. The van der Waals surface area contributed by atoms with Crippen molar-refractivity contribution >= 4 is 33.0 Å². The van der Waals surface area contributed by atoms with Gasteiger partial charge in [-0.15, -0.1) is 21.5 Å². The molecule has 0 spiro atoms. The Kier molecular flexibility index (Phi) is 4.78. The maximum Gasteiger partial charge on any atom is 0.204 e. The first kappa shape index (κ1) is 16.4. The van der Waals surface area contributed by atoms with Crippen LogP contribution in [-0.4, -0.2) is 31.0 Å². The summed E-state index contributed by atoms with van der Waals surface area (Å²) >= 11 is 4.66. The fraction of sp³-hybridized carbons (Fsp3) is 0.200. The number of rotatable bonds is 5. The molecule has 0 amide bonds. The van der Waals surface area contributed by atoms with Crippen LogP contribution in [0.1, 0.15) is 16.6 Å². The molecule has 1 unspecified atom stereocenters. The Morgan fingerprint density at radius 2 is 2.17 bits per heavy atom. The third-order valence-corrected chi connectivity index (χ3v) is 4.74. The van der Waals surface area contributed by atoms with Gasteiger partial charge < -0.3 is 0 Å². The smallest absolute Gasteiger partial charge is 0.204 e. The number of Topliss-reactive ketones (excluding diaryl/α,β-unsaturated/α-hetero) is 1. The molecule has 9 heteroatoms. The minimum Gasteiger partial charge on any atom is -0.296 e. The maximum atomic E-state index is 12.4. The number of ketones is 1. The number of benzene rings is 1. The highest BCUT2D eigenvalue weighted by atomic mass is 79.9. The topological polar surface area (TPSA) is 97.3 Å². The molecule has 3 aromatic rings. The fourth-order valence-corrected chi connectivity index (χ4v) is 3.15.